The molecule has 6 heteroatoms. The lowest BCUT2D eigenvalue weighted by molar-refractivity contribution is -0.132. The summed E-state index contributed by atoms with van der Waals surface area (Å²) in [7, 11) is 0. The maximum absolute atomic E-state index is 12.7. The van der Waals surface area contributed by atoms with Gasteiger partial charge in [0.15, 0.2) is 0 Å². The van der Waals surface area contributed by atoms with Crippen molar-refractivity contribution in [2.75, 3.05) is 26.2 Å². The van der Waals surface area contributed by atoms with Crippen molar-refractivity contribution in [3.05, 3.63) is 83.7 Å². The van der Waals surface area contributed by atoms with Gasteiger partial charge < -0.3 is 4.90 Å². The van der Waals surface area contributed by atoms with Gasteiger partial charge in [0.2, 0.25) is 5.91 Å². The van der Waals surface area contributed by atoms with Crippen molar-refractivity contribution in [1.29, 1.82) is 5.26 Å². The summed E-state index contributed by atoms with van der Waals surface area (Å²) in [6.45, 7) is 4.08. The van der Waals surface area contributed by atoms with E-state index in [1.165, 1.54) is 5.56 Å². The summed E-state index contributed by atoms with van der Waals surface area (Å²) in [5, 5.41) is 13.1. The number of piperazine rings is 1. The van der Waals surface area contributed by atoms with E-state index < -0.39 is 0 Å². The highest BCUT2D eigenvalue weighted by molar-refractivity contribution is 5.79. The van der Waals surface area contributed by atoms with Crippen LogP contribution in [0.25, 0.3) is 5.69 Å². The molecule has 1 aliphatic heterocycles. The van der Waals surface area contributed by atoms with Gasteiger partial charge in [-0.25, -0.2) is 4.68 Å². The van der Waals surface area contributed by atoms with Gasteiger partial charge in [-0.15, -0.1) is 0 Å². The zero-order valence-corrected chi connectivity index (χ0v) is 16.2. The molecule has 0 atom stereocenters. The summed E-state index contributed by atoms with van der Waals surface area (Å²) in [6, 6.07) is 19.7. The number of nitrogens with zero attached hydrogens (tertiary/aromatic N) is 5. The van der Waals surface area contributed by atoms with E-state index in [0.717, 1.165) is 44.0 Å². The van der Waals surface area contributed by atoms with Crippen molar-refractivity contribution in [1.82, 2.24) is 19.6 Å². The molecular weight excluding hydrogens is 362 g/mol. The molecule has 1 aromatic heterocycles. The zero-order chi connectivity index (χ0) is 20.1. The lowest BCUT2D eigenvalue weighted by Gasteiger charge is -2.34. The van der Waals surface area contributed by atoms with Gasteiger partial charge in [-0.3, -0.25) is 9.69 Å². The fourth-order valence-corrected chi connectivity index (χ4v) is 3.57. The molecule has 0 N–H and O–H groups in total. The summed E-state index contributed by atoms with van der Waals surface area (Å²) in [5.41, 5.74) is 3.89. The summed E-state index contributed by atoms with van der Waals surface area (Å²) < 4.78 is 1.80. The lowest BCUT2D eigenvalue weighted by atomic mass is 10.1. The maximum Gasteiger partial charge on any atom is 0.227 e. The van der Waals surface area contributed by atoms with Gasteiger partial charge in [0.1, 0.15) is 0 Å². The van der Waals surface area contributed by atoms with Crippen LogP contribution in [0, 0.1) is 11.3 Å². The molecule has 29 heavy (non-hydrogen) atoms. The molecule has 0 radical (unpaired) electrons. The van der Waals surface area contributed by atoms with Crippen molar-refractivity contribution in [2.24, 2.45) is 0 Å². The Hall–Kier alpha value is -3.43. The Morgan fingerprint density at radius 1 is 0.966 bits per heavy atom. The van der Waals surface area contributed by atoms with Gasteiger partial charge >= 0.3 is 0 Å². The summed E-state index contributed by atoms with van der Waals surface area (Å²) in [6.07, 6.45) is 4.07. The van der Waals surface area contributed by atoms with E-state index in [2.05, 4.69) is 16.1 Å². The van der Waals surface area contributed by atoms with Crippen LogP contribution in [-0.2, 0) is 17.8 Å². The van der Waals surface area contributed by atoms with E-state index in [1.54, 1.807) is 10.9 Å². The van der Waals surface area contributed by atoms with Gasteiger partial charge in [-0.2, -0.15) is 10.4 Å². The van der Waals surface area contributed by atoms with Gasteiger partial charge in [0.05, 0.1) is 23.7 Å². The number of carbonyl (C=O) groups excluding carboxylic acids is 1. The van der Waals surface area contributed by atoms with Gasteiger partial charge in [-0.05, 0) is 41.5 Å². The maximum atomic E-state index is 12.7. The van der Waals surface area contributed by atoms with Crippen molar-refractivity contribution in [3.8, 4) is 11.8 Å². The third kappa shape index (κ3) is 4.71. The molecule has 0 bridgehead atoms. The number of aromatic nitrogens is 2. The topological polar surface area (TPSA) is 65.2 Å². The second kappa shape index (κ2) is 8.72. The second-order valence-corrected chi connectivity index (χ2v) is 7.26. The highest BCUT2D eigenvalue weighted by atomic mass is 16.2. The Labute approximate surface area is 170 Å². The molecule has 0 saturated carbocycles. The van der Waals surface area contributed by atoms with Crippen LogP contribution in [0.1, 0.15) is 16.7 Å². The van der Waals surface area contributed by atoms with E-state index >= 15 is 0 Å². The minimum atomic E-state index is 0.176. The Bertz CT molecular complexity index is 979. The fraction of sp³-hybridized carbons (Fsp3) is 0.261. The Morgan fingerprint density at radius 3 is 2.28 bits per heavy atom. The molecule has 146 valence electrons. The number of hydrogen-bond acceptors (Lipinski definition) is 4. The highest BCUT2D eigenvalue weighted by Gasteiger charge is 2.21. The minimum absolute atomic E-state index is 0.176. The highest BCUT2D eigenvalue weighted by Crippen LogP contribution is 2.13. The number of amides is 1. The Morgan fingerprint density at radius 2 is 1.66 bits per heavy atom. The number of benzene rings is 2. The zero-order valence-electron chi connectivity index (χ0n) is 16.2. The Balaban J connectivity index is 1.27. The number of rotatable bonds is 5. The largest absolute Gasteiger partial charge is 0.340 e. The van der Waals surface area contributed by atoms with Crippen molar-refractivity contribution in [2.45, 2.75) is 13.0 Å². The number of nitriles is 1. The van der Waals surface area contributed by atoms with Crippen LogP contribution in [-0.4, -0.2) is 51.7 Å². The first-order chi connectivity index (χ1) is 14.2. The summed E-state index contributed by atoms with van der Waals surface area (Å²) >= 11 is 0. The average molecular weight is 385 g/mol. The molecule has 1 aliphatic rings. The smallest absolute Gasteiger partial charge is 0.227 e. The quantitative estimate of drug-likeness (QED) is 0.677. The molecule has 2 heterocycles. The molecule has 2 aromatic carbocycles. The molecule has 4 rings (SSSR count). The van der Waals surface area contributed by atoms with Crippen LogP contribution < -0.4 is 0 Å². The van der Waals surface area contributed by atoms with Gasteiger partial charge in [-0.1, -0.05) is 24.3 Å². The molecular formula is C23H23N5O. The van der Waals surface area contributed by atoms with E-state index in [4.69, 9.17) is 5.26 Å². The first kappa shape index (κ1) is 18.9. The normalized spacial score (nSPS) is 14.5. The van der Waals surface area contributed by atoms with Crippen molar-refractivity contribution < 1.29 is 4.79 Å². The van der Waals surface area contributed by atoms with Gasteiger partial charge in [0, 0.05) is 45.1 Å². The molecule has 1 amide bonds. The molecule has 0 aliphatic carbocycles. The van der Waals surface area contributed by atoms with Crippen LogP contribution >= 0.6 is 0 Å². The van der Waals surface area contributed by atoms with E-state index in [1.807, 2.05) is 65.7 Å². The third-order valence-corrected chi connectivity index (χ3v) is 5.27. The predicted molar refractivity (Wildman–Crippen MR) is 110 cm³/mol. The third-order valence-electron chi connectivity index (χ3n) is 5.27. The molecule has 1 saturated heterocycles. The number of carbonyl (C=O) groups is 1. The standard InChI is InChI=1S/C23H23N5O/c24-17-20-2-4-21(5-3-20)18-26-12-14-27(15-13-26)23(29)16-19-6-8-22(9-7-19)28-11-1-10-25-28/h1-11H,12-16,18H2. The predicted octanol–water partition coefficient (Wildman–Crippen LogP) is 2.63. The molecule has 3 aromatic rings. The average Bonchev–Trinajstić information content (AvgIpc) is 3.30. The van der Waals surface area contributed by atoms with Crippen LogP contribution in [0.5, 0.6) is 0 Å². The molecule has 1 fully saturated rings. The number of hydrogen-bond donors (Lipinski definition) is 0. The Kier molecular flexibility index (Phi) is 5.68. The molecule has 0 spiro atoms. The van der Waals surface area contributed by atoms with E-state index in [-0.39, 0.29) is 5.91 Å². The second-order valence-electron chi connectivity index (χ2n) is 7.26. The minimum Gasteiger partial charge on any atom is -0.340 e. The van der Waals surface area contributed by atoms with Crippen LogP contribution in [0.15, 0.2) is 67.0 Å². The molecule has 0 unspecified atom stereocenters. The van der Waals surface area contributed by atoms with Crippen molar-refractivity contribution in [3.63, 3.8) is 0 Å². The van der Waals surface area contributed by atoms with Crippen LogP contribution in [0.4, 0.5) is 0 Å². The molecule has 6 nitrogen and oxygen atoms in total. The van der Waals surface area contributed by atoms with Gasteiger partial charge in [0.25, 0.3) is 0 Å². The lowest BCUT2D eigenvalue weighted by Crippen LogP contribution is -2.48. The summed E-state index contributed by atoms with van der Waals surface area (Å²) in [4.78, 5) is 17.0. The summed E-state index contributed by atoms with van der Waals surface area (Å²) in [5.74, 6) is 0.176. The van der Waals surface area contributed by atoms with Crippen LogP contribution in [0.2, 0.25) is 0 Å². The fourth-order valence-electron chi connectivity index (χ4n) is 3.57. The van der Waals surface area contributed by atoms with E-state index in [9.17, 15) is 4.79 Å². The first-order valence-corrected chi connectivity index (χ1v) is 9.79. The van der Waals surface area contributed by atoms with Crippen LogP contribution in [0.3, 0.4) is 0 Å². The first-order valence-electron chi connectivity index (χ1n) is 9.79. The van der Waals surface area contributed by atoms with E-state index in [0.29, 0.717) is 12.0 Å². The van der Waals surface area contributed by atoms with Crippen molar-refractivity contribution >= 4 is 5.91 Å². The SMILES string of the molecule is N#Cc1ccc(CN2CCN(C(=O)Cc3ccc(-n4cccn4)cc3)CC2)cc1. The monoisotopic (exact) mass is 385 g/mol.